The SMILES string of the molecule is COc1ccc(Cl)cc1Cc1nc(N)oc1C. The molecular formula is C12H13ClN2O2. The van der Waals surface area contributed by atoms with Gasteiger partial charge in [-0.2, -0.15) is 4.98 Å². The number of anilines is 1. The zero-order valence-corrected chi connectivity index (χ0v) is 10.4. The van der Waals surface area contributed by atoms with Crippen molar-refractivity contribution in [3.05, 3.63) is 40.2 Å². The highest BCUT2D eigenvalue weighted by Gasteiger charge is 2.11. The van der Waals surface area contributed by atoms with E-state index >= 15 is 0 Å². The van der Waals surface area contributed by atoms with Crippen LogP contribution in [-0.4, -0.2) is 12.1 Å². The molecule has 0 radical (unpaired) electrons. The number of aromatic nitrogens is 1. The van der Waals surface area contributed by atoms with Crippen LogP contribution in [0.3, 0.4) is 0 Å². The number of hydrogen-bond donors (Lipinski definition) is 1. The van der Waals surface area contributed by atoms with E-state index < -0.39 is 0 Å². The molecule has 0 unspecified atom stereocenters. The Morgan fingerprint density at radius 1 is 1.47 bits per heavy atom. The first-order chi connectivity index (χ1) is 8.10. The molecule has 0 saturated carbocycles. The number of aryl methyl sites for hydroxylation is 1. The number of nitrogens with zero attached hydrogens (tertiary/aromatic N) is 1. The van der Waals surface area contributed by atoms with Crippen LogP contribution >= 0.6 is 11.6 Å². The summed E-state index contributed by atoms with van der Waals surface area (Å²) < 4.78 is 10.5. The van der Waals surface area contributed by atoms with Crippen molar-refractivity contribution in [3.63, 3.8) is 0 Å². The number of ether oxygens (including phenoxy) is 1. The molecule has 0 aliphatic heterocycles. The molecule has 2 aromatic rings. The van der Waals surface area contributed by atoms with E-state index in [1.807, 2.05) is 19.1 Å². The smallest absolute Gasteiger partial charge is 0.292 e. The predicted octanol–water partition coefficient (Wildman–Crippen LogP) is 2.82. The van der Waals surface area contributed by atoms with Gasteiger partial charge in [0.2, 0.25) is 0 Å². The molecule has 0 saturated heterocycles. The number of hydrogen-bond acceptors (Lipinski definition) is 4. The molecule has 17 heavy (non-hydrogen) atoms. The van der Waals surface area contributed by atoms with Crippen molar-refractivity contribution in [3.8, 4) is 5.75 Å². The van der Waals surface area contributed by atoms with Gasteiger partial charge in [-0.1, -0.05) is 11.6 Å². The van der Waals surface area contributed by atoms with Gasteiger partial charge in [0.1, 0.15) is 11.5 Å². The summed E-state index contributed by atoms with van der Waals surface area (Å²) in [6.07, 6.45) is 0.580. The summed E-state index contributed by atoms with van der Waals surface area (Å²) in [5, 5.41) is 0.662. The molecule has 1 aromatic heterocycles. The third-order valence-electron chi connectivity index (χ3n) is 2.51. The van der Waals surface area contributed by atoms with Crippen molar-refractivity contribution in [1.82, 2.24) is 4.98 Å². The quantitative estimate of drug-likeness (QED) is 0.913. The Morgan fingerprint density at radius 2 is 2.24 bits per heavy atom. The molecular weight excluding hydrogens is 240 g/mol. The van der Waals surface area contributed by atoms with Gasteiger partial charge in [0.25, 0.3) is 6.01 Å². The first kappa shape index (κ1) is 11.8. The molecule has 0 bridgehead atoms. The summed E-state index contributed by atoms with van der Waals surface area (Å²) in [6.45, 7) is 1.83. The van der Waals surface area contributed by atoms with Gasteiger partial charge in [-0.15, -0.1) is 0 Å². The van der Waals surface area contributed by atoms with Crippen LogP contribution in [0, 0.1) is 6.92 Å². The van der Waals surface area contributed by atoms with Crippen LogP contribution in [0.5, 0.6) is 5.75 Å². The van der Waals surface area contributed by atoms with Crippen LogP contribution < -0.4 is 10.5 Å². The van der Waals surface area contributed by atoms with Crippen LogP contribution in [0.1, 0.15) is 17.0 Å². The molecule has 0 atom stereocenters. The Morgan fingerprint density at radius 3 is 2.82 bits per heavy atom. The van der Waals surface area contributed by atoms with E-state index in [4.69, 9.17) is 26.5 Å². The van der Waals surface area contributed by atoms with Gasteiger partial charge in [-0.3, -0.25) is 0 Å². The van der Waals surface area contributed by atoms with E-state index in [-0.39, 0.29) is 6.01 Å². The van der Waals surface area contributed by atoms with Crippen molar-refractivity contribution in [1.29, 1.82) is 0 Å². The topological polar surface area (TPSA) is 61.3 Å². The predicted molar refractivity (Wildman–Crippen MR) is 66.5 cm³/mol. The molecule has 90 valence electrons. The Kier molecular flexibility index (Phi) is 3.24. The lowest BCUT2D eigenvalue weighted by Crippen LogP contribution is -1.96. The summed E-state index contributed by atoms with van der Waals surface area (Å²) in [5.41, 5.74) is 7.25. The van der Waals surface area contributed by atoms with Crippen LogP contribution in [0.25, 0.3) is 0 Å². The van der Waals surface area contributed by atoms with Gasteiger partial charge < -0.3 is 14.9 Å². The summed E-state index contributed by atoms with van der Waals surface area (Å²) in [6, 6.07) is 5.65. The van der Waals surface area contributed by atoms with Crippen molar-refractivity contribution in [2.45, 2.75) is 13.3 Å². The molecule has 0 fully saturated rings. The first-order valence-corrected chi connectivity index (χ1v) is 5.52. The second-order valence-corrected chi connectivity index (χ2v) is 4.12. The highest BCUT2D eigenvalue weighted by Crippen LogP contribution is 2.26. The number of rotatable bonds is 3. The standard InChI is InChI=1S/C12H13ClN2O2/c1-7-10(15-12(14)17-7)6-8-5-9(13)3-4-11(8)16-2/h3-5H,6H2,1-2H3,(H2,14,15). The lowest BCUT2D eigenvalue weighted by atomic mass is 10.1. The Bertz CT molecular complexity index is 537. The van der Waals surface area contributed by atoms with Crippen molar-refractivity contribution in [2.24, 2.45) is 0 Å². The van der Waals surface area contributed by atoms with Crippen LogP contribution in [0.4, 0.5) is 6.01 Å². The average molecular weight is 253 g/mol. The Balaban J connectivity index is 2.35. The Labute approximate surface area is 104 Å². The second-order valence-electron chi connectivity index (χ2n) is 3.69. The molecule has 2 N–H and O–H groups in total. The minimum atomic E-state index is 0.179. The minimum Gasteiger partial charge on any atom is -0.496 e. The number of methoxy groups -OCH3 is 1. The molecule has 0 aliphatic rings. The maximum atomic E-state index is 5.96. The number of benzene rings is 1. The van der Waals surface area contributed by atoms with E-state index in [0.717, 1.165) is 17.0 Å². The van der Waals surface area contributed by atoms with Crippen LogP contribution in [-0.2, 0) is 6.42 Å². The molecule has 5 heteroatoms. The van der Waals surface area contributed by atoms with Crippen LogP contribution in [0.2, 0.25) is 5.02 Å². The third-order valence-corrected chi connectivity index (χ3v) is 2.74. The molecule has 1 heterocycles. The van der Waals surface area contributed by atoms with Gasteiger partial charge in [0, 0.05) is 17.0 Å². The third kappa shape index (κ3) is 2.53. The molecule has 4 nitrogen and oxygen atoms in total. The summed E-state index contributed by atoms with van der Waals surface area (Å²) in [5.74, 6) is 1.49. The summed E-state index contributed by atoms with van der Waals surface area (Å²) in [7, 11) is 1.62. The fourth-order valence-corrected chi connectivity index (χ4v) is 1.87. The monoisotopic (exact) mass is 252 g/mol. The molecule has 0 amide bonds. The lowest BCUT2D eigenvalue weighted by molar-refractivity contribution is 0.410. The van der Waals surface area contributed by atoms with Gasteiger partial charge >= 0.3 is 0 Å². The van der Waals surface area contributed by atoms with E-state index in [2.05, 4.69) is 4.98 Å². The number of oxazole rings is 1. The fraction of sp³-hybridized carbons (Fsp3) is 0.250. The first-order valence-electron chi connectivity index (χ1n) is 5.14. The maximum absolute atomic E-state index is 5.96. The van der Waals surface area contributed by atoms with Gasteiger partial charge in [0.15, 0.2) is 0 Å². The highest BCUT2D eigenvalue weighted by atomic mass is 35.5. The minimum absolute atomic E-state index is 0.179. The van der Waals surface area contributed by atoms with Crippen molar-refractivity contribution >= 4 is 17.6 Å². The molecule has 0 spiro atoms. The maximum Gasteiger partial charge on any atom is 0.292 e. The normalized spacial score (nSPS) is 10.5. The fourth-order valence-electron chi connectivity index (χ4n) is 1.68. The van der Waals surface area contributed by atoms with Crippen molar-refractivity contribution in [2.75, 3.05) is 12.8 Å². The molecule has 0 aliphatic carbocycles. The number of halogens is 1. The van der Waals surface area contributed by atoms with E-state index in [1.165, 1.54) is 0 Å². The average Bonchev–Trinajstić information content (AvgIpc) is 2.58. The van der Waals surface area contributed by atoms with E-state index in [9.17, 15) is 0 Å². The van der Waals surface area contributed by atoms with E-state index in [1.54, 1.807) is 13.2 Å². The van der Waals surface area contributed by atoms with Crippen molar-refractivity contribution < 1.29 is 9.15 Å². The zero-order valence-electron chi connectivity index (χ0n) is 9.66. The number of nitrogen functional groups attached to an aromatic ring is 1. The highest BCUT2D eigenvalue weighted by molar-refractivity contribution is 6.30. The molecule has 2 rings (SSSR count). The van der Waals surface area contributed by atoms with Gasteiger partial charge in [0.05, 0.1) is 12.8 Å². The van der Waals surface area contributed by atoms with Gasteiger partial charge in [-0.05, 0) is 25.1 Å². The van der Waals surface area contributed by atoms with Gasteiger partial charge in [-0.25, -0.2) is 0 Å². The second kappa shape index (κ2) is 4.67. The largest absolute Gasteiger partial charge is 0.496 e. The molecule has 1 aromatic carbocycles. The lowest BCUT2D eigenvalue weighted by Gasteiger charge is -2.07. The Hall–Kier alpha value is -1.68. The zero-order chi connectivity index (χ0) is 12.4. The van der Waals surface area contributed by atoms with E-state index in [0.29, 0.717) is 17.2 Å². The van der Waals surface area contributed by atoms with Crippen LogP contribution in [0.15, 0.2) is 22.6 Å². The summed E-state index contributed by atoms with van der Waals surface area (Å²) in [4.78, 5) is 4.12. The summed E-state index contributed by atoms with van der Waals surface area (Å²) >= 11 is 5.96. The number of nitrogens with two attached hydrogens (primary N) is 1.